The van der Waals surface area contributed by atoms with Gasteiger partial charge in [0.15, 0.2) is 6.61 Å². The van der Waals surface area contributed by atoms with E-state index in [9.17, 15) is 9.59 Å². The molecule has 0 spiro atoms. The highest BCUT2D eigenvalue weighted by atomic mass is 16.5. The van der Waals surface area contributed by atoms with E-state index in [1.54, 1.807) is 18.0 Å². The summed E-state index contributed by atoms with van der Waals surface area (Å²) >= 11 is 0. The van der Waals surface area contributed by atoms with Crippen molar-refractivity contribution in [1.29, 1.82) is 0 Å². The maximum atomic E-state index is 12.3. The van der Waals surface area contributed by atoms with E-state index >= 15 is 0 Å². The van der Waals surface area contributed by atoms with E-state index in [1.165, 1.54) is 0 Å². The van der Waals surface area contributed by atoms with Gasteiger partial charge >= 0.3 is 0 Å². The van der Waals surface area contributed by atoms with Crippen LogP contribution in [-0.2, 0) is 16.0 Å². The van der Waals surface area contributed by atoms with Gasteiger partial charge in [0, 0.05) is 12.7 Å². The molecule has 0 saturated carbocycles. The molecule has 0 aromatic heterocycles. The number of rotatable bonds is 3. The van der Waals surface area contributed by atoms with Crippen LogP contribution in [0.5, 0.6) is 5.75 Å². The number of benzene rings is 2. The lowest BCUT2D eigenvalue weighted by Gasteiger charge is -2.26. The van der Waals surface area contributed by atoms with Crippen molar-refractivity contribution in [2.45, 2.75) is 20.3 Å². The first-order chi connectivity index (χ1) is 11.4. The maximum absolute atomic E-state index is 12.3. The fourth-order valence-electron chi connectivity index (χ4n) is 2.87. The number of hydrogen-bond acceptors (Lipinski definition) is 3. The SMILES string of the molecule is Cc1cc(C)cc(NC(=O)Cc2ccc3c(c2)N(C)C(=O)CO3)c1. The molecular weight excluding hydrogens is 304 g/mol. The molecule has 1 aliphatic heterocycles. The van der Waals surface area contributed by atoms with Gasteiger partial charge < -0.3 is 15.0 Å². The average Bonchev–Trinajstić information content (AvgIpc) is 2.50. The monoisotopic (exact) mass is 324 g/mol. The summed E-state index contributed by atoms with van der Waals surface area (Å²) in [6, 6.07) is 11.4. The number of nitrogens with zero attached hydrogens (tertiary/aromatic N) is 1. The summed E-state index contributed by atoms with van der Waals surface area (Å²) in [5.41, 5.74) is 4.54. The molecule has 0 bridgehead atoms. The van der Waals surface area contributed by atoms with Crippen molar-refractivity contribution in [2.75, 3.05) is 23.9 Å². The Hall–Kier alpha value is -2.82. The highest BCUT2D eigenvalue weighted by Gasteiger charge is 2.22. The van der Waals surface area contributed by atoms with E-state index in [4.69, 9.17) is 4.74 Å². The third-order valence-electron chi connectivity index (χ3n) is 3.98. The van der Waals surface area contributed by atoms with Crippen LogP contribution < -0.4 is 15.0 Å². The Kier molecular flexibility index (Phi) is 4.25. The van der Waals surface area contributed by atoms with Crippen LogP contribution in [0.3, 0.4) is 0 Å². The summed E-state index contributed by atoms with van der Waals surface area (Å²) < 4.78 is 5.40. The Morgan fingerprint density at radius 3 is 2.58 bits per heavy atom. The Balaban J connectivity index is 1.74. The van der Waals surface area contributed by atoms with Crippen LogP contribution in [0.15, 0.2) is 36.4 Å². The van der Waals surface area contributed by atoms with E-state index in [-0.39, 0.29) is 24.8 Å². The largest absolute Gasteiger partial charge is 0.482 e. The van der Waals surface area contributed by atoms with Crippen molar-refractivity contribution < 1.29 is 14.3 Å². The number of hydrogen-bond donors (Lipinski definition) is 1. The summed E-state index contributed by atoms with van der Waals surface area (Å²) in [6.07, 6.45) is 0.238. The molecule has 2 aromatic rings. The molecule has 2 amide bonds. The Morgan fingerprint density at radius 2 is 1.88 bits per heavy atom. The molecule has 124 valence electrons. The minimum atomic E-state index is -0.0978. The van der Waals surface area contributed by atoms with Gasteiger partial charge in [0.05, 0.1) is 12.1 Å². The van der Waals surface area contributed by atoms with Gasteiger partial charge in [-0.3, -0.25) is 9.59 Å². The summed E-state index contributed by atoms with van der Waals surface area (Å²) in [5, 5.41) is 2.92. The van der Waals surface area contributed by atoms with Crippen molar-refractivity contribution in [1.82, 2.24) is 0 Å². The predicted molar refractivity (Wildman–Crippen MR) is 93.6 cm³/mol. The molecule has 5 heteroatoms. The number of anilines is 2. The van der Waals surface area contributed by atoms with Crippen LogP contribution in [0.2, 0.25) is 0 Å². The smallest absolute Gasteiger partial charge is 0.264 e. The number of amides is 2. The molecule has 0 unspecified atom stereocenters. The minimum Gasteiger partial charge on any atom is -0.482 e. The van der Waals surface area contributed by atoms with Crippen LogP contribution in [0.25, 0.3) is 0 Å². The molecule has 0 radical (unpaired) electrons. The van der Waals surface area contributed by atoms with E-state index in [0.717, 1.165) is 22.4 Å². The molecule has 5 nitrogen and oxygen atoms in total. The summed E-state index contributed by atoms with van der Waals surface area (Å²) in [5.74, 6) is 0.473. The third-order valence-corrected chi connectivity index (χ3v) is 3.98. The molecule has 24 heavy (non-hydrogen) atoms. The first kappa shape index (κ1) is 16.1. The Bertz CT molecular complexity index is 794. The molecule has 1 N–H and O–H groups in total. The van der Waals surface area contributed by atoms with Crippen molar-refractivity contribution in [3.8, 4) is 5.75 Å². The lowest BCUT2D eigenvalue weighted by atomic mass is 10.1. The summed E-state index contributed by atoms with van der Waals surface area (Å²) in [6.45, 7) is 4.05. The van der Waals surface area contributed by atoms with Crippen molar-refractivity contribution in [2.24, 2.45) is 0 Å². The van der Waals surface area contributed by atoms with Crippen molar-refractivity contribution in [3.05, 3.63) is 53.1 Å². The second kappa shape index (κ2) is 6.35. The lowest BCUT2D eigenvalue weighted by molar-refractivity contribution is -0.121. The van der Waals surface area contributed by atoms with Gasteiger partial charge in [0.2, 0.25) is 5.91 Å². The molecule has 2 aromatic carbocycles. The van der Waals surface area contributed by atoms with Gasteiger partial charge in [-0.2, -0.15) is 0 Å². The van der Waals surface area contributed by atoms with E-state index in [0.29, 0.717) is 11.4 Å². The summed E-state index contributed by atoms with van der Waals surface area (Å²) in [4.78, 5) is 25.6. The van der Waals surface area contributed by atoms with Crippen LogP contribution in [0.1, 0.15) is 16.7 Å². The molecule has 0 aliphatic carbocycles. The van der Waals surface area contributed by atoms with Gasteiger partial charge in [0.25, 0.3) is 5.91 Å². The zero-order valence-electron chi connectivity index (χ0n) is 14.1. The van der Waals surface area contributed by atoms with Crippen molar-refractivity contribution >= 4 is 23.2 Å². The van der Waals surface area contributed by atoms with Gasteiger partial charge in [-0.25, -0.2) is 0 Å². The van der Waals surface area contributed by atoms with Crippen LogP contribution in [-0.4, -0.2) is 25.5 Å². The normalized spacial score (nSPS) is 13.3. The Morgan fingerprint density at radius 1 is 1.17 bits per heavy atom. The molecule has 0 atom stereocenters. The van der Waals surface area contributed by atoms with Gasteiger partial charge in [-0.15, -0.1) is 0 Å². The number of likely N-dealkylation sites (N-methyl/N-ethyl adjacent to an activating group) is 1. The standard InChI is InChI=1S/C19H20N2O3/c1-12-6-13(2)8-15(7-12)20-18(22)10-14-4-5-17-16(9-14)21(3)19(23)11-24-17/h4-9H,10-11H2,1-3H3,(H,20,22). The van der Waals surface area contributed by atoms with Crippen LogP contribution >= 0.6 is 0 Å². The number of fused-ring (bicyclic) bond motifs is 1. The number of carbonyl (C=O) groups is 2. The van der Waals surface area contributed by atoms with Crippen molar-refractivity contribution in [3.63, 3.8) is 0 Å². The quantitative estimate of drug-likeness (QED) is 0.944. The molecular formula is C19H20N2O3. The second-order valence-corrected chi connectivity index (χ2v) is 6.14. The molecule has 3 rings (SSSR count). The predicted octanol–water partition coefficient (Wildman–Crippen LogP) is 2.84. The van der Waals surface area contributed by atoms with Crippen LogP contribution in [0, 0.1) is 13.8 Å². The van der Waals surface area contributed by atoms with Gasteiger partial charge in [-0.1, -0.05) is 12.1 Å². The molecule has 0 saturated heterocycles. The number of carbonyl (C=O) groups excluding carboxylic acids is 2. The highest BCUT2D eigenvalue weighted by Crippen LogP contribution is 2.32. The minimum absolute atomic E-state index is 0.0516. The van der Waals surface area contributed by atoms with Gasteiger partial charge in [-0.05, 0) is 54.8 Å². The first-order valence-electron chi connectivity index (χ1n) is 7.83. The number of nitrogens with one attached hydrogen (secondary N) is 1. The third kappa shape index (κ3) is 3.40. The molecule has 1 aliphatic rings. The average molecular weight is 324 g/mol. The van der Waals surface area contributed by atoms with Gasteiger partial charge in [0.1, 0.15) is 5.75 Å². The maximum Gasteiger partial charge on any atom is 0.264 e. The van der Waals surface area contributed by atoms with E-state index in [2.05, 4.69) is 11.4 Å². The van der Waals surface area contributed by atoms with E-state index < -0.39 is 0 Å². The fraction of sp³-hybridized carbons (Fsp3) is 0.263. The second-order valence-electron chi connectivity index (χ2n) is 6.14. The van der Waals surface area contributed by atoms with E-state index in [1.807, 2.05) is 38.1 Å². The topological polar surface area (TPSA) is 58.6 Å². The first-order valence-corrected chi connectivity index (χ1v) is 7.83. The fourth-order valence-corrected chi connectivity index (χ4v) is 2.87. The zero-order chi connectivity index (χ0) is 17.3. The number of ether oxygens (including phenoxy) is 1. The highest BCUT2D eigenvalue weighted by molar-refractivity contribution is 5.98. The summed E-state index contributed by atoms with van der Waals surface area (Å²) in [7, 11) is 1.71. The van der Waals surface area contributed by atoms with Crippen LogP contribution in [0.4, 0.5) is 11.4 Å². The lowest BCUT2D eigenvalue weighted by Crippen LogP contribution is -2.35. The Labute approximate surface area is 141 Å². The molecule has 1 heterocycles. The zero-order valence-corrected chi connectivity index (χ0v) is 14.1. The number of aryl methyl sites for hydroxylation is 2. The molecule has 0 fully saturated rings.